The van der Waals surface area contributed by atoms with Crippen molar-refractivity contribution >= 4 is 19.3 Å². The number of alkyl halides is 1. The summed E-state index contributed by atoms with van der Waals surface area (Å²) in [7, 11) is -1.70. The number of rotatable bonds is 5. The smallest absolute Gasteiger partial charge is 0.256 e. The second-order valence-electron chi connectivity index (χ2n) is 9.53. The van der Waals surface area contributed by atoms with Crippen LogP contribution in [0.25, 0.3) is 0 Å². The lowest BCUT2D eigenvalue weighted by Crippen LogP contribution is -2.67. The van der Waals surface area contributed by atoms with Gasteiger partial charge in [-0.05, 0) is 80.0 Å². The summed E-state index contributed by atoms with van der Waals surface area (Å²) in [5.41, 5.74) is 4.34. The molecule has 3 N–H and O–H groups in total. The summed E-state index contributed by atoms with van der Waals surface area (Å²) in [6.07, 6.45) is 5.91. The molecule has 7 atom stereocenters. The molecule has 1 aromatic rings. The topological polar surface area (TPSA) is 81.4 Å². The van der Waals surface area contributed by atoms with Gasteiger partial charge in [-0.1, -0.05) is 9.24 Å². The predicted molar refractivity (Wildman–Crippen MR) is 103 cm³/mol. The highest BCUT2D eigenvalue weighted by Crippen LogP contribution is 2.77. The number of nitrogens with two attached hydrogens (primary N) is 1. The van der Waals surface area contributed by atoms with E-state index in [-0.39, 0.29) is 27.1 Å². The van der Waals surface area contributed by atoms with Crippen LogP contribution in [0.1, 0.15) is 45.4 Å². The maximum Gasteiger partial charge on any atom is 0.256 e. The van der Waals surface area contributed by atoms with Crippen molar-refractivity contribution in [1.82, 2.24) is 4.72 Å². The van der Waals surface area contributed by atoms with Gasteiger partial charge in [-0.25, -0.2) is 13.1 Å². The van der Waals surface area contributed by atoms with Gasteiger partial charge in [-0.2, -0.15) is 4.39 Å². The molecule has 0 amide bonds. The van der Waals surface area contributed by atoms with Crippen molar-refractivity contribution in [2.24, 2.45) is 23.0 Å². The average Bonchev–Trinajstić information content (AvgIpc) is 2.79. The van der Waals surface area contributed by atoms with Crippen LogP contribution >= 0.6 is 9.24 Å². The summed E-state index contributed by atoms with van der Waals surface area (Å²) in [5.74, 6) is 1.37. The molecule has 0 saturated heterocycles. The average molecular weight is 412 g/mol. The Morgan fingerprint density at radius 3 is 2.59 bits per heavy atom. The molecule has 4 aliphatic rings. The summed E-state index contributed by atoms with van der Waals surface area (Å²) in [4.78, 5) is 0.187. The third-order valence-corrected chi connectivity index (χ3v) is 9.09. The molecular formula is C19H26FN2O3PS. The van der Waals surface area contributed by atoms with E-state index in [1.165, 1.54) is 31.2 Å². The molecule has 8 heteroatoms. The second kappa shape index (κ2) is 5.24. The van der Waals surface area contributed by atoms with Gasteiger partial charge in [0, 0.05) is 18.0 Å². The van der Waals surface area contributed by atoms with Crippen LogP contribution in [0.2, 0.25) is 0 Å². The van der Waals surface area contributed by atoms with E-state index >= 15 is 0 Å². The lowest BCUT2D eigenvalue weighted by Gasteiger charge is -2.58. The van der Waals surface area contributed by atoms with Crippen molar-refractivity contribution in [1.29, 1.82) is 0 Å². The Hall–Kier alpha value is -0.750. The maximum absolute atomic E-state index is 13.6. The molecule has 0 heterocycles. The van der Waals surface area contributed by atoms with Crippen LogP contribution < -0.4 is 15.2 Å². The highest BCUT2D eigenvalue weighted by molar-refractivity contribution is 7.89. The van der Waals surface area contributed by atoms with E-state index in [1.54, 1.807) is 0 Å². The summed E-state index contributed by atoms with van der Waals surface area (Å²) >= 11 is 0. The largest absolute Gasteiger partial charge is 0.455 e. The van der Waals surface area contributed by atoms with Crippen molar-refractivity contribution in [2.45, 2.75) is 67.0 Å². The number of hydrogen-bond acceptors (Lipinski definition) is 4. The third kappa shape index (κ3) is 2.61. The molecule has 1 aromatic carbocycles. The zero-order chi connectivity index (χ0) is 19.3. The number of fused-ring (bicyclic) bond motifs is 2. The van der Waals surface area contributed by atoms with Gasteiger partial charge in [0.25, 0.3) is 5.60 Å². The Bertz CT molecular complexity index is 899. The van der Waals surface area contributed by atoms with Crippen molar-refractivity contribution in [2.75, 3.05) is 0 Å². The molecule has 0 radical (unpaired) electrons. The molecule has 4 aliphatic carbocycles. The molecule has 5 nitrogen and oxygen atoms in total. The normalized spacial score (nSPS) is 43.9. The van der Waals surface area contributed by atoms with Crippen LogP contribution in [-0.2, 0) is 10.0 Å². The second-order valence-corrected chi connectivity index (χ2v) is 12.2. The maximum atomic E-state index is 13.6. The van der Waals surface area contributed by atoms with E-state index in [2.05, 4.69) is 4.72 Å². The number of hydrogen-bond donors (Lipinski definition) is 2. The first-order chi connectivity index (χ1) is 12.4. The molecule has 5 rings (SSSR count). The van der Waals surface area contributed by atoms with Crippen LogP contribution in [0, 0.1) is 17.3 Å². The highest BCUT2D eigenvalue weighted by Gasteiger charge is 2.77. The standard InChI is InChI=1S/C19H26FN2O3PS/c1-16(20,26)25-14-2-4-15(5-3-14)27(23,24)22-19-8-12-6-17(21)9-13(10-19)18(19,7-12)11-17/h2-5,12-13,22H,6-11,21,26H2,1H3. The van der Waals surface area contributed by atoms with Crippen molar-refractivity contribution in [3.05, 3.63) is 24.3 Å². The Morgan fingerprint density at radius 2 is 1.93 bits per heavy atom. The highest BCUT2D eigenvalue weighted by atomic mass is 32.2. The minimum absolute atomic E-state index is 0.0518. The van der Waals surface area contributed by atoms with Gasteiger partial charge >= 0.3 is 0 Å². The number of ether oxygens (including phenoxy) is 1. The fourth-order valence-corrected chi connectivity index (χ4v) is 8.58. The first-order valence-corrected chi connectivity index (χ1v) is 11.6. The first kappa shape index (κ1) is 18.3. The van der Waals surface area contributed by atoms with E-state index in [0.717, 1.165) is 38.5 Å². The molecule has 7 unspecified atom stereocenters. The molecule has 1 spiro atoms. The fourth-order valence-electron chi connectivity index (χ4n) is 6.95. The van der Waals surface area contributed by atoms with Gasteiger partial charge in [-0.3, -0.25) is 0 Å². The van der Waals surface area contributed by atoms with Crippen LogP contribution in [0.4, 0.5) is 4.39 Å². The molecule has 148 valence electrons. The summed E-state index contributed by atoms with van der Waals surface area (Å²) in [6.45, 7) is 1.27. The van der Waals surface area contributed by atoms with E-state index in [4.69, 9.17) is 10.5 Å². The van der Waals surface area contributed by atoms with Gasteiger partial charge in [0.2, 0.25) is 10.0 Å². The summed E-state index contributed by atoms with van der Waals surface area (Å²) in [6, 6.07) is 5.93. The Morgan fingerprint density at radius 1 is 1.22 bits per heavy atom. The van der Waals surface area contributed by atoms with E-state index < -0.39 is 15.6 Å². The van der Waals surface area contributed by atoms with Gasteiger partial charge in [0.1, 0.15) is 5.75 Å². The van der Waals surface area contributed by atoms with Crippen molar-refractivity contribution < 1.29 is 17.5 Å². The Balaban J connectivity index is 1.40. The van der Waals surface area contributed by atoms with Crippen LogP contribution in [0.3, 0.4) is 0 Å². The summed E-state index contributed by atoms with van der Waals surface area (Å²) in [5, 5.41) is 0. The lowest BCUT2D eigenvalue weighted by molar-refractivity contribution is -0.0393. The monoisotopic (exact) mass is 412 g/mol. The zero-order valence-electron chi connectivity index (χ0n) is 15.4. The number of nitrogens with one attached hydrogen (secondary N) is 1. The minimum Gasteiger partial charge on any atom is -0.455 e. The van der Waals surface area contributed by atoms with Crippen LogP contribution in [0.15, 0.2) is 29.2 Å². The van der Waals surface area contributed by atoms with Crippen LogP contribution in [-0.4, -0.2) is 25.1 Å². The number of halogens is 1. The fraction of sp³-hybridized carbons (Fsp3) is 0.684. The van der Waals surface area contributed by atoms with E-state index in [0.29, 0.717) is 11.8 Å². The molecule has 0 aromatic heterocycles. The molecule has 3 bridgehead atoms. The van der Waals surface area contributed by atoms with E-state index in [9.17, 15) is 12.8 Å². The van der Waals surface area contributed by atoms with Gasteiger partial charge in [-0.15, -0.1) is 0 Å². The first-order valence-electron chi connectivity index (χ1n) is 9.54. The Kier molecular flexibility index (Phi) is 3.55. The summed E-state index contributed by atoms with van der Waals surface area (Å²) < 4.78 is 48.0. The lowest BCUT2D eigenvalue weighted by atomic mass is 9.51. The minimum atomic E-state index is -3.66. The van der Waals surface area contributed by atoms with Gasteiger partial charge < -0.3 is 10.5 Å². The molecule has 4 saturated carbocycles. The SMILES string of the molecule is CC(F)(P)Oc1ccc(S(=O)(=O)NC23CC4CC5(N)CC(C2)C3(C4)C5)cc1. The van der Waals surface area contributed by atoms with Crippen LogP contribution in [0.5, 0.6) is 5.75 Å². The van der Waals surface area contributed by atoms with Crippen molar-refractivity contribution in [3.63, 3.8) is 0 Å². The van der Waals surface area contributed by atoms with E-state index in [1.807, 2.05) is 9.24 Å². The molecule has 4 fully saturated rings. The quantitative estimate of drug-likeness (QED) is 0.729. The number of benzene rings is 1. The molecular weight excluding hydrogens is 386 g/mol. The van der Waals surface area contributed by atoms with Gasteiger partial charge in [0.15, 0.2) is 0 Å². The third-order valence-electron chi connectivity index (χ3n) is 7.42. The van der Waals surface area contributed by atoms with Crippen molar-refractivity contribution in [3.8, 4) is 5.75 Å². The van der Waals surface area contributed by atoms with Gasteiger partial charge in [0.05, 0.1) is 4.90 Å². The zero-order valence-corrected chi connectivity index (χ0v) is 17.3. The molecule has 27 heavy (non-hydrogen) atoms. The Labute approximate surface area is 161 Å². The number of sulfonamides is 1. The molecule has 0 aliphatic heterocycles. The predicted octanol–water partition coefficient (Wildman–Crippen LogP) is 2.91.